The molecule has 0 saturated carbocycles. The molecule has 0 bridgehead atoms. The molecule has 1 atom stereocenters. The minimum Gasteiger partial charge on any atom is -0.330 e. The minimum absolute atomic E-state index is 0.0214. The van der Waals surface area contributed by atoms with Gasteiger partial charge < -0.3 is 9.30 Å². The molecule has 1 amide bonds. The third-order valence-electron chi connectivity index (χ3n) is 4.16. The summed E-state index contributed by atoms with van der Waals surface area (Å²) in [6, 6.07) is 16.0. The summed E-state index contributed by atoms with van der Waals surface area (Å²) in [7, 11) is 0. The van der Waals surface area contributed by atoms with E-state index < -0.39 is 0 Å². The Morgan fingerprint density at radius 3 is 2.61 bits per heavy atom. The van der Waals surface area contributed by atoms with Crippen LogP contribution >= 0.6 is 0 Å². The van der Waals surface area contributed by atoms with E-state index >= 15 is 0 Å². The summed E-state index contributed by atoms with van der Waals surface area (Å²) in [6.45, 7) is 4.78. The maximum atomic E-state index is 13.0. The number of amides is 1. The number of rotatable bonds is 5. The van der Waals surface area contributed by atoms with Crippen molar-refractivity contribution in [2.24, 2.45) is 0 Å². The van der Waals surface area contributed by atoms with Gasteiger partial charge in [0, 0.05) is 25.0 Å². The van der Waals surface area contributed by atoms with E-state index in [1.807, 2.05) is 64.0 Å². The van der Waals surface area contributed by atoms with Gasteiger partial charge in [0.05, 0.1) is 0 Å². The number of carbonyl (C=O) groups is 1. The van der Waals surface area contributed by atoms with Gasteiger partial charge in [0.15, 0.2) is 0 Å². The lowest BCUT2D eigenvalue weighted by molar-refractivity contribution is 0.0666. The van der Waals surface area contributed by atoms with Crippen LogP contribution in [0.15, 0.2) is 60.9 Å². The molecule has 0 aliphatic rings. The van der Waals surface area contributed by atoms with E-state index in [1.165, 1.54) is 0 Å². The summed E-state index contributed by atoms with van der Waals surface area (Å²) in [6.07, 6.45) is 4.62. The van der Waals surface area contributed by atoms with Crippen molar-refractivity contribution >= 4 is 11.6 Å². The van der Waals surface area contributed by atoms with Crippen molar-refractivity contribution in [1.29, 1.82) is 0 Å². The summed E-state index contributed by atoms with van der Waals surface area (Å²) in [5.74, 6) is -0.0214. The van der Waals surface area contributed by atoms with Crippen LogP contribution in [0.5, 0.6) is 0 Å². The van der Waals surface area contributed by atoms with E-state index in [1.54, 1.807) is 6.20 Å². The number of fused-ring (bicyclic) bond motifs is 1. The van der Waals surface area contributed by atoms with Crippen molar-refractivity contribution in [2.75, 3.05) is 0 Å². The van der Waals surface area contributed by atoms with E-state index in [4.69, 9.17) is 0 Å². The van der Waals surface area contributed by atoms with Gasteiger partial charge in [-0.2, -0.15) is 0 Å². The Kier molecular flexibility index (Phi) is 4.42. The van der Waals surface area contributed by atoms with Gasteiger partial charge in [-0.25, -0.2) is 4.98 Å². The molecule has 3 rings (SSSR count). The van der Waals surface area contributed by atoms with Crippen molar-refractivity contribution in [3.8, 4) is 0 Å². The molecular formula is C19H21N3O. The van der Waals surface area contributed by atoms with Crippen molar-refractivity contribution in [3.05, 3.63) is 72.2 Å². The van der Waals surface area contributed by atoms with Gasteiger partial charge in [0.2, 0.25) is 0 Å². The summed E-state index contributed by atoms with van der Waals surface area (Å²) >= 11 is 0. The third-order valence-corrected chi connectivity index (χ3v) is 4.16. The second-order valence-corrected chi connectivity index (χ2v) is 5.77. The largest absolute Gasteiger partial charge is 0.330 e. The lowest BCUT2D eigenvalue weighted by Crippen LogP contribution is -2.38. The van der Waals surface area contributed by atoms with Crippen LogP contribution in [-0.2, 0) is 6.54 Å². The highest BCUT2D eigenvalue weighted by Gasteiger charge is 2.23. The zero-order valence-electron chi connectivity index (χ0n) is 13.5. The summed E-state index contributed by atoms with van der Waals surface area (Å²) in [4.78, 5) is 19.3. The predicted octanol–water partition coefficient (Wildman–Crippen LogP) is 3.78. The SMILES string of the molecule is CCC(C)N(Cc1ccccc1)C(=O)c1cn2ccccc2n1. The molecule has 0 aliphatic carbocycles. The first-order chi connectivity index (χ1) is 11.2. The molecule has 3 aromatic rings. The fourth-order valence-corrected chi connectivity index (χ4v) is 2.61. The lowest BCUT2D eigenvalue weighted by atomic mass is 10.1. The van der Waals surface area contributed by atoms with Crippen LogP contribution in [0.25, 0.3) is 5.65 Å². The van der Waals surface area contributed by atoms with Crippen LogP contribution in [0.1, 0.15) is 36.3 Å². The Morgan fingerprint density at radius 2 is 1.91 bits per heavy atom. The second kappa shape index (κ2) is 6.65. The van der Waals surface area contributed by atoms with E-state index in [9.17, 15) is 4.79 Å². The number of carbonyl (C=O) groups excluding carboxylic acids is 1. The number of nitrogens with zero attached hydrogens (tertiary/aromatic N) is 3. The molecule has 118 valence electrons. The highest BCUT2D eigenvalue weighted by atomic mass is 16.2. The molecule has 4 heteroatoms. The molecule has 0 radical (unpaired) electrons. The van der Waals surface area contributed by atoms with E-state index in [-0.39, 0.29) is 11.9 Å². The Balaban J connectivity index is 1.90. The highest BCUT2D eigenvalue weighted by Crippen LogP contribution is 2.15. The average molecular weight is 307 g/mol. The van der Waals surface area contributed by atoms with Gasteiger partial charge in [-0.3, -0.25) is 4.79 Å². The number of hydrogen-bond acceptors (Lipinski definition) is 2. The van der Waals surface area contributed by atoms with Gasteiger partial charge in [-0.15, -0.1) is 0 Å². The zero-order chi connectivity index (χ0) is 16.2. The fourth-order valence-electron chi connectivity index (χ4n) is 2.61. The highest BCUT2D eigenvalue weighted by molar-refractivity contribution is 5.93. The van der Waals surface area contributed by atoms with Gasteiger partial charge in [-0.05, 0) is 31.0 Å². The Hall–Kier alpha value is -2.62. The zero-order valence-corrected chi connectivity index (χ0v) is 13.5. The second-order valence-electron chi connectivity index (χ2n) is 5.77. The minimum atomic E-state index is -0.0214. The molecule has 1 aromatic carbocycles. The van der Waals surface area contributed by atoms with Crippen LogP contribution in [0.3, 0.4) is 0 Å². The monoisotopic (exact) mass is 307 g/mol. The topological polar surface area (TPSA) is 37.6 Å². The normalized spacial score (nSPS) is 12.3. The van der Waals surface area contributed by atoms with E-state index in [0.717, 1.165) is 17.6 Å². The number of benzene rings is 1. The predicted molar refractivity (Wildman–Crippen MR) is 91.3 cm³/mol. The molecule has 1 unspecified atom stereocenters. The molecule has 0 N–H and O–H groups in total. The average Bonchev–Trinajstić information content (AvgIpc) is 3.03. The maximum Gasteiger partial charge on any atom is 0.274 e. The number of imidazole rings is 1. The van der Waals surface area contributed by atoms with Crippen molar-refractivity contribution in [2.45, 2.75) is 32.9 Å². The molecule has 0 spiro atoms. The maximum absolute atomic E-state index is 13.0. The quantitative estimate of drug-likeness (QED) is 0.719. The number of pyridine rings is 1. The molecule has 23 heavy (non-hydrogen) atoms. The van der Waals surface area contributed by atoms with Gasteiger partial charge in [0.1, 0.15) is 11.3 Å². The Morgan fingerprint density at radius 1 is 1.17 bits per heavy atom. The standard InChI is InChI=1S/C19H21N3O/c1-3-15(2)22(13-16-9-5-4-6-10-16)19(23)17-14-21-12-8-7-11-18(21)20-17/h4-12,14-15H,3,13H2,1-2H3. The van der Waals surface area contributed by atoms with Crippen LogP contribution in [-0.4, -0.2) is 26.2 Å². The third kappa shape index (κ3) is 3.26. The smallest absolute Gasteiger partial charge is 0.274 e. The number of aromatic nitrogens is 2. The van der Waals surface area contributed by atoms with E-state index in [2.05, 4.69) is 18.8 Å². The van der Waals surface area contributed by atoms with E-state index in [0.29, 0.717) is 12.2 Å². The first kappa shape index (κ1) is 15.3. The molecule has 0 aliphatic heterocycles. The van der Waals surface area contributed by atoms with Crippen molar-refractivity contribution in [3.63, 3.8) is 0 Å². The first-order valence-corrected chi connectivity index (χ1v) is 7.97. The van der Waals surface area contributed by atoms with Crippen molar-refractivity contribution in [1.82, 2.24) is 14.3 Å². The lowest BCUT2D eigenvalue weighted by Gasteiger charge is -2.28. The molecule has 0 fully saturated rings. The molecule has 4 nitrogen and oxygen atoms in total. The summed E-state index contributed by atoms with van der Waals surface area (Å²) in [5, 5.41) is 0. The van der Waals surface area contributed by atoms with Crippen LogP contribution in [0, 0.1) is 0 Å². The van der Waals surface area contributed by atoms with Crippen LogP contribution in [0.2, 0.25) is 0 Å². The van der Waals surface area contributed by atoms with Crippen molar-refractivity contribution < 1.29 is 4.79 Å². The van der Waals surface area contributed by atoms with Crippen LogP contribution < -0.4 is 0 Å². The van der Waals surface area contributed by atoms with Gasteiger partial charge in [-0.1, -0.05) is 43.3 Å². The number of hydrogen-bond donors (Lipinski definition) is 0. The molecule has 0 saturated heterocycles. The fraction of sp³-hybridized carbons (Fsp3) is 0.263. The molecule has 2 aromatic heterocycles. The Bertz CT molecular complexity index is 761. The molecular weight excluding hydrogens is 286 g/mol. The Labute approximate surface area is 136 Å². The molecule has 2 heterocycles. The van der Waals surface area contributed by atoms with Crippen LogP contribution in [0.4, 0.5) is 0 Å². The van der Waals surface area contributed by atoms with Gasteiger partial charge in [0.25, 0.3) is 5.91 Å². The first-order valence-electron chi connectivity index (χ1n) is 7.97. The summed E-state index contributed by atoms with van der Waals surface area (Å²) < 4.78 is 1.88. The summed E-state index contributed by atoms with van der Waals surface area (Å²) in [5.41, 5.74) is 2.41. The van der Waals surface area contributed by atoms with Gasteiger partial charge >= 0.3 is 0 Å².